The number of amides is 1. The van der Waals surface area contributed by atoms with Crippen LogP contribution < -0.4 is 5.32 Å². The van der Waals surface area contributed by atoms with Gasteiger partial charge >= 0.3 is 0 Å². The number of thioether (sulfide) groups is 1. The zero-order valence-corrected chi connectivity index (χ0v) is 13.4. The summed E-state index contributed by atoms with van der Waals surface area (Å²) in [4.78, 5) is 17.0. The van der Waals surface area contributed by atoms with Crippen LogP contribution in [0.15, 0.2) is 35.7 Å². The summed E-state index contributed by atoms with van der Waals surface area (Å²) in [6.45, 7) is 6.58. The zero-order valence-electron chi connectivity index (χ0n) is 12.5. The van der Waals surface area contributed by atoms with Crippen LogP contribution in [0.4, 0.5) is 5.69 Å². The molecule has 0 spiro atoms. The molecule has 5 nitrogen and oxygen atoms in total. The molecule has 0 aliphatic heterocycles. The summed E-state index contributed by atoms with van der Waals surface area (Å²) in [6.07, 6.45) is 4.08. The SMILES string of the molecule is CC[C@H](C)Sc1ccc(NC(=O)Cn2cncn2)c(C)c1. The van der Waals surface area contributed by atoms with Crippen molar-refractivity contribution in [3.05, 3.63) is 36.4 Å². The van der Waals surface area contributed by atoms with Crippen molar-refractivity contribution in [2.75, 3.05) is 5.32 Å². The number of benzene rings is 1. The van der Waals surface area contributed by atoms with Gasteiger partial charge in [-0.15, -0.1) is 11.8 Å². The Morgan fingerprint density at radius 1 is 1.48 bits per heavy atom. The molecular weight excluding hydrogens is 284 g/mol. The molecule has 0 bridgehead atoms. The molecule has 1 N–H and O–H groups in total. The van der Waals surface area contributed by atoms with Crippen molar-refractivity contribution in [1.29, 1.82) is 0 Å². The Kier molecular flexibility index (Phi) is 5.38. The summed E-state index contributed by atoms with van der Waals surface area (Å²) >= 11 is 1.85. The molecule has 0 radical (unpaired) electrons. The van der Waals surface area contributed by atoms with E-state index >= 15 is 0 Å². The highest BCUT2D eigenvalue weighted by molar-refractivity contribution is 7.99. The molecule has 2 aromatic rings. The van der Waals surface area contributed by atoms with Gasteiger partial charge in [-0.3, -0.25) is 4.79 Å². The van der Waals surface area contributed by atoms with E-state index in [2.05, 4.69) is 41.4 Å². The second kappa shape index (κ2) is 7.26. The first-order valence-corrected chi connectivity index (χ1v) is 7.86. The summed E-state index contributed by atoms with van der Waals surface area (Å²) in [7, 11) is 0. The number of aryl methyl sites for hydroxylation is 1. The number of aromatic nitrogens is 3. The van der Waals surface area contributed by atoms with Gasteiger partial charge in [0.15, 0.2) is 0 Å². The highest BCUT2D eigenvalue weighted by atomic mass is 32.2. The van der Waals surface area contributed by atoms with Crippen LogP contribution in [-0.2, 0) is 11.3 Å². The minimum absolute atomic E-state index is 0.106. The zero-order chi connectivity index (χ0) is 15.2. The lowest BCUT2D eigenvalue weighted by Gasteiger charge is -2.12. The molecule has 1 heterocycles. The van der Waals surface area contributed by atoms with Crippen molar-refractivity contribution in [3.8, 4) is 0 Å². The molecule has 6 heteroatoms. The highest BCUT2D eigenvalue weighted by Gasteiger charge is 2.08. The first-order valence-electron chi connectivity index (χ1n) is 6.98. The standard InChI is InChI=1S/C15H20N4OS/c1-4-12(3)21-13-5-6-14(11(2)7-13)18-15(20)8-19-10-16-9-17-19/h5-7,9-10,12H,4,8H2,1-3H3,(H,18,20)/t12-/m0/s1. The van der Waals surface area contributed by atoms with E-state index in [1.807, 2.05) is 24.8 Å². The van der Waals surface area contributed by atoms with Gasteiger partial charge in [0, 0.05) is 15.8 Å². The largest absolute Gasteiger partial charge is 0.324 e. The fourth-order valence-corrected chi connectivity index (χ4v) is 2.84. The third-order valence-corrected chi connectivity index (χ3v) is 4.42. The quantitative estimate of drug-likeness (QED) is 0.833. The lowest BCUT2D eigenvalue weighted by Crippen LogP contribution is -2.19. The Balaban J connectivity index is 1.98. The third-order valence-electron chi connectivity index (χ3n) is 3.16. The van der Waals surface area contributed by atoms with Crippen LogP contribution in [0.25, 0.3) is 0 Å². The Morgan fingerprint density at radius 2 is 2.29 bits per heavy atom. The van der Waals surface area contributed by atoms with Crippen LogP contribution in [0.3, 0.4) is 0 Å². The van der Waals surface area contributed by atoms with Crippen molar-refractivity contribution in [2.45, 2.75) is 43.9 Å². The number of carbonyl (C=O) groups excluding carboxylic acids is 1. The number of hydrogen-bond donors (Lipinski definition) is 1. The predicted molar refractivity (Wildman–Crippen MR) is 85.4 cm³/mol. The summed E-state index contributed by atoms with van der Waals surface area (Å²) in [5.74, 6) is -0.106. The summed E-state index contributed by atoms with van der Waals surface area (Å²) in [5, 5.41) is 7.42. The number of rotatable bonds is 6. The van der Waals surface area contributed by atoms with E-state index in [4.69, 9.17) is 0 Å². The van der Waals surface area contributed by atoms with E-state index < -0.39 is 0 Å². The van der Waals surface area contributed by atoms with Gasteiger partial charge < -0.3 is 5.32 Å². The molecule has 1 aromatic heterocycles. The van der Waals surface area contributed by atoms with Crippen molar-refractivity contribution >= 4 is 23.4 Å². The molecule has 0 saturated heterocycles. The second-order valence-electron chi connectivity index (χ2n) is 4.95. The van der Waals surface area contributed by atoms with Gasteiger partial charge in [0.25, 0.3) is 0 Å². The van der Waals surface area contributed by atoms with E-state index in [0.717, 1.165) is 17.7 Å². The second-order valence-corrected chi connectivity index (χ2v) is 6.47. The third kappa shape index (κ3) is 4.60. The number of carbonyl (C=O) groups is 1. The molecule has 1 atom stereocenters. The first kappa shape index (κ1) is 15.6. The van der Waals surface area contributed by atoms with Crippen LogP contribution in [0.1, 0.15) is 25.8 Å². The van der Waals surface area contributed by atoms with Crippen molar-refractivity contribution in [1.82, 2.24) is 14.8 Å². The lowest BCUT2D eigenvalue weighted by molar-refractivity contribution is -0.116. The van der Waals surface area contributed by atoms with Crippen LogP contribution >= 0.6 is 11.8 Å². The number of nitrogens with zero attached hydrogens (tertiary/aromatic N) is 3. The number of anilines is 1. The maximum atomic E-state index is 11.9. The van der Waals surface area contributed by atoms with Gasteiger partial charge in [0.05, 0.1) is 0 Å². The molecule has 0 fully saturated rings. The maximum absolute atomic E-state index is 11.9. The first-order chi connectivity index (χ1) is 10.1. The summed E-state index contributed by atoms with van der Waals surface area (Å²) in [5.41, 5.74) is 1.91. The van der Waals surface area contributed by atoms with Gasteiger partial charge in [-0.1, -0.05) is 13.8 Å². The fraction of sp³-hybridized carbons (Fsp3) is 0.400. The molecule has 0 aliphatic rings. The molecule has 0 saturated carbocycles. The average Bonchev–Trinajstić information content (AvgIpc) is 2.94. The van der Waals surface area contributed by atoms with Crippen LogP contribution in [0.5, 0.6) is 0 Å². The molecule has 2 rings (SSSR count). The van der Waals surface area contributed by atoms with E-state index in [1.54, 1.807) is 0 Å². The molecular formula is C15H20N4OS. The molecule has 1 aromatic carbocycles. The Labute approximate surface area is 129 Å². The summed E-state index contributed by atoms with van der Waals surface area (Å²) < 4.78 is 1.50. The molecule has 1 amide bonds. The molecule has 112 valence electrons. The topological polar surface area (TPSA) is 59.8 Å². The fourth-order valence-electron chi connectivity index (χ4n) is 1.82. The van der Waals surface area contributed by atoms with E-state index in [1.165, 1.54) is 22.2 Å². The lowest BCUT2D eigenvalue weighted by atomic mass is 10.2. The average molecular weight is 304 g/mol. The number of nitrogens with one attached hydrogen (secondary N) is 1. The monoisotopic (exact) mass is 304 g/mol. The molecule has 21 heavy (non-hydrogen) atoms. The van der Waals surface area contributed by atoms with E-state index in [-0.39, 0.29) is 12.5 Å². The minimum atomic E-state index is -0.106. The van der Waals surface area contributed by atoms with Gasteiger partial charge in [0.2, 0.25) is 5.91 Å². The van der Waals surface area contributed by atoms with E-state index in [9.17, 15) is 4.79 Å². The Hall–Kier alpha value is -1.82. The van der Waals surface area contributed by atoms with E-state index in [0.29, 0.717) is 5.25 Å². The molecule has 0 aliphatic carbocycles. The normalized spacial score (nSPS) is 12.1. The van der Waals surface area contributed by atoms with Gasteiger partial charge in [-0.2, -0.15) is 5.10 Å². The molecule has 0 unspecified atom stereocenters. The summed E-state index contributed by atoms with van der Waals surface area (Å²) in [6, 6.07) is 6.12. The van der Waals surface area contributed by atoms with Crippen molar-refractivity contribution in [2.24, 2.45) is 0 Å². The van der Waals surface area contributed by atoms with Crippen LogP contribution in [-0.4, -0.2) is 25.9 Å². The maximum Gasteiger partial charge on any atom is 0.246 e. The highest BCUT2D eigenvalue weighted by Crippen LogP contribution is 2.28. The number of hydrogen-bond acceptors (Lipinski definition) is 4. The van der Waals surface area contributed by atoms with Gasteiger partial charge in [-0.05, 0) is 37.1 Å². The van der Waals surface area contributed by atoms with Crippen molar-refractivity contribution < 1.29 is 4.79 Å². The smallest absolute Gasteiger partial charge is 0.246 e. The van der Waals surface area contributed by atoms with Gasteiger partial charge in [-0.25, -0.2) is 9.67 Å². The minimum Gasteiger partial charge on any atom is -0.324 e. The predicted octanol–water partition coefficient (Wildman–Crippen LogP) is 3.12. The van der Waals surface area contributed by atoms with Crippen molar-refractivity contribution in [3.63, 3.8) is 0 Å². The van der Waals surface area contributed by atoms with Crippen LogP contribution in [0.2, 0.25) is 0 Å². The van der Waals surface area contributed by atoms with Gasteiger partial charge in [0.1, 0.15) is 19.2 Å². The Bertz CT molecular complexity index is 598. The Morgan fingerprint density at radius 3 is 2.90 bits per heavy atom. The van der Waals surface area contributed by atoms with Crippen LogP contribution in [0, 0.1) is 6.92 Å².